The van der Waals surface area contributed by atoms with Crippen LogP contribution in [0.3, 0.4) is 0 Å². The predicted octanol–water partition coefficient (Wildman–Crippen LogP) is 7.24. The van der Waals surface area contributed by atoms with Crippen molar-refractivity contribution >= 4 is 49.0 Å². The van der Waals surface area contributed by atoms with E-state index in [4.69, 9.17) is 4.74 Å². The molecule has 1 aliphatic heterocycles. The van der Waals surface area contributed by atoms with Crippen LogP contribution in [0, 0.1) is 0 Å². The third-order valence-electron chi connectivity index (χ3n) is 16.7. The Kier molecular flexibility index (Phi) is 33.1. The molecule has 7 aromatic carbocycles. The number of sulfone groups is 2. The van der Waals surface area contributed by atoms with Crippen LogP contribution in [-0.2, 0) is 52.2 Å². The Balaban J connectivity index is 0.000000270. The Hall–Kier alpha value is -13.4. The Morgan fingerprint density at radius 2 is 0.770 bits per heavy atom. The molecule has 1 fully saturated rings. The fraction of sp³-hybridized carbons (Fsp3) is 0.225. The number of aryl methyl sites for hydroxylation is 4. The second kappa shape index (κ2) is 41.4. The Morgan fingerprint density at radius 1 is 0.416 bits per heavy atom. The van der Waals surface area contributed by atoms with Crippen LogP contribution in [0.25, 0.3) is 11.4 Å². The van der Waals surface area contributed by atoms with Gasteiger partial charge in [-0.2, -0.15) is 20.4 Å². The van der Waals surface area contributed by atoms with E-state index in [1.165, 1.54) is 90.0 Å². The highest BCUT2D eigenvalue weighted by Gasteiger charge is 2.27. The molecule has 4 amide bonds. The number of para-hydroxylation sites is 4. The van der Waals surface area contributed by atoms with E-state index < -0.39 is 99.4 Å². The fourth-order valence-electron chi connectivity index (χ4n) is 10.9. The van der Waals surface area contributed by atoms with Gasteiger partial charge in [0.25, 0.3) is 45.3 Å². The van der Waals surface area contributed by atoms with E-state index in [2.05, 4.69) is 58.5 Å². The molecule has 113 heavy (non-hydrogen) atoms. The number of amides is 4. The number of carbonyl (C=O) groups excluding carboxylic acids is 4. The van der Waals surface area contributed by atoms with Gasteiger partial charge >= 0.3 is 0 Å². The van der Waals surface area contributed by atoms with Crippen molar-refractivity contribution in [2.45, 2.75) is 81.8 Å². The van der Waals surface area contributed by atoms with Gasteiger partial charge in [0.1, 0.15) is 5.75 Å². The number of aromatic hydroxyl groups is 4. The summed E-state index contributed by atoms with van der Waals surface area (Å²) in [7, 11) is 0.154. The lowest BCUT2D eigenvalue weighted by atomic mass is 10.1. The van der Waals surface area contributed by atoms with Crippen molar-refractivity contribution < 1.29 is 61.2 Å². The number of aromatic nitrogens is 8. The van der Waals surface area contributed by atoms with Crippen LogP contribution in [0.4, 0.5) is 5.69 Å². The molecule has 0 atom stereocenters. The Morgan fingerprint density at radius 3 is 1.24 bits per heavy atom. The zero-order chi connectivity index (χ0) is 78.5. The molecule has 1 saturated heterocycles. The molecule has 0 radical (unpaired) electrons. The van der Waals surface area contributed by atoms with Crippen LogP contribution < -0.4 is 52.6 Å². The maximum absolute atomic E-state index is 13.1. The topological polar surface area (TPSA) is 421 Å². The maximum atomic E-state index is 13.1. The van der Waals surface area contributed by atoms with E-state index in [1.807, 2.05) is 78.9 Å². The number of hydrogen-bond donors (Lipinski definition) is 8. The van der Waals surface area contributed by atoms with E-state index in [0.29, 0.717) is 24.2 Å². The number of hydrogen-bond acceptors (Lipinski definition) is 23. The molecule has 11 aromatic rings. The molecule has 0 saturated carbocycles. The number of ether oxygens (including phenoxy) is 1. The molecular weight excluding hydrogens is 1490 g/mol. The van der Waals surface area contributed by atoms with E-state index in [0.717, 1.165) is 65.8 Å². The zero-order valence-electron chi connectivity index (χ0n) is 59.5. The first kappa shape index (κ1) is 90.2. The lowest BCUT2D eigenvalue weighted by Crippen LogP contribution is -2.44. The summed E-state index contributed by atoms with van der Waals surface area (Å²) >= 11 is 0. The first-order chi connectivity index (χ1) is 52.3. The Bertz CT molecular complexity index is 5610. The number of carbonyl (C=O) groups is 4. The van der Waals surface area contributed by atoms with Crippen molar-refractivity contribution in [2.75, 3.05) is 66.4 Å². The lowest BCUT2D eigenvalue weighted by molar-refractivity contribution is 0.0936. The van der Waals surface area contributed by atoms with Gasteiger partial charge in [0, 0.05) is 67.0 Å². The number of rotatable bonds is 20. The normalized spacial score (nSPS) is 11.5. The van der Waals surface area contributed by atoms with E-state index >= 15 is 0 Å². The van der Waals surface area contributed by atoms with Crippen molar-refractivity contribution in [3.05, 3.63) is 293 Å². The quantitative estimate of drug-likeness (QED) is 0.0372. The van der Waals surface area contributed by atoms with Crippen LogP contribution in [0.15, 0.2) is 252 Å². The highest BCUT2D eigenvalue weighted by atomic mass is 32.2. The summed E-state index contributed by atoms with van der Waals surface area (Å²) in [4.78, 5) is 101. The fourth-order valence-corrected chi connectivity index (χ4v) is 13.9. The first-order valence-corrected chi connectivity index (χ1v) is 36.4. The minimum atomic E-state index is -3.90. The number of likely N-dealkylation sites (N-methyl/N-ethyl adjacent to an activating group) is 1. The number of methoxy groups -OCH3 is 1. The summed E-state index contributed by atoms with van der Waals surface area (Å²) < 4.78 is 62.6. The van der Waals surface area contributed by atoms with Crippen molar-refractivity contribution in [3.63, 3.8) is 0 Å². The minimum Gasteiger partial charge on any atom is -0.503 e. The van der Waals surface area contributed by atoms with E-state index in [-0.39, 0.29) is 85.9 Å². The SMILES string of the molecule is C.C.C.C.CNC(=O)c1nn(-c2ccccc2N2CCN(C)CC2)cc(O)c1=O.CNC(=O)c1nn(-c2ccccc2S(=O)(=O)c2ccccc2)cc(O)c1=O.CNC(=O)c1nn(CCc2ccccc2OC)cc(O)c1=O.O=C(NCc1ccccc1)c1nn(CCc2ccccc2S(=O)(=O)c2ccccc2)cc(O)c1=O. The summed E-state index contributed by atoms with van der Waals surface area (Å²) in [6.07, 6.45) is 5.36. The average Bonchev–Trinajstić information content (AvgIpc) is 0.761. The van der Waals surface area contributed by atoms with Crippen LogP contribution >= 0.6 is 0 Å². The number of benzene rings is 7. The molecule has 4 aromatic heterocycles. The molecule has 0 unspecified atom stereocenters. The molecule has 5 heterocycles. The molecule has 33 heteroatoms. The van der Waals surface area contributed by atoms with Gasteiger partial charge in [-0.05, 0) is 97.2 Å². The third-order valence-corrected chi connectivity index (χ3v) is 20.4. The van der Waals surface area contributed by atoms with Crippen molar-refractivity contribution in [2.24, 2.45) is 0 Å². The minimum absolute atomic E-state index is 0. The summed E-state index contributed by atoms with van der Waals surface area (Å²) in [5.74, 6) is -4.39. The summed E-state index contributed by atoms with van der Waals surface area (Å²) in [6.45, 7) is 4.33. The summed E-state index contributed by atoms with van der Waals surface area (Å²) in [5.41, 5.74) is -0.971. The molecule has 0 aliphatic carbocycles. The predicted molar refractivity (Wildman–Crippen MR) is 428 cm³/mol. The van der Waals surface area contributed by atoms with Gasteiger partial charge in [0.05, 0.1) is 68.5 Å². The lowest BCUT2D eigenvalue weighted by Gasteiger charge is -2.35. The van der Waals surface area contributed by atoms with Crippen molar-refractivity contribution in [1.82, 2.24) is 65.3 Å². The monoisotopic (exact) mass is 1580 g/mol. The molecule has 596 valence electrons. The largest absolute Gasteiger partial charge is 0.503 e. The Labute approximate surface area is 653 Å². The maximum Gasteiger partial charge on any atom is 0.276 e. The number of anilines is 1. The molecule has 31 nitrogen and oxygen atoms in total. The zero-order valence-corrected chi connectivity index (χ0v) is 61.1. The number of piperazine rings is 1. The number of nitrogens with zero attached hydrogens (tertiary/aromatic N) is 10. The molecule has 0 bridgehead atoms. The second-order valence-corrected chi connectivity index (χ2v) is 27.7. The van der Waals surface area contributed by atoms with Gasteiger partial charge in [0.2, 0.25) is 19.7 Å². The van der Waals surface area contributed by atoms with Gasteiger partial charge in [-0.15, -0.1) is 0 Å². The van der Waals surface area contributed by atoms with Crippen LogP contribution in [-0.4, -0.2) is 166 Å². The molecule has 1 aliphatic rings. The first-order valence-electron chi connectivity index (χ1n) is 33.5. The smallest absolute Gasteiger partial charge is 0.276 e. The van der Waals surface area contributed by atoms with Crippen molar-refractivity contribution in [1.29, 1.82) is 0 Å². The van der Waals surface area contributed by atoms with Gasteiger partial charge in [0.15, 0.2) is 45.8 Å². The third kappa shape index (κ3) is 22.2. The summed E-state index contributed by atoms with van der Waals surface area (Å²) in [5, 5.41) is 65.3. The molecule has 0 spiro atoms. The van der Waals surface area contributed by atoms with Crippen LogP contribution in [0.1, 0.15) is 88.4 Å². The standard InChI is InChI=1S/C26H23N3O5S.C18H15N3O5S.C17H21N5O3.C15H17N3O4.4CH4/c30-22-18-29(28-24(25(22)31)26(32)27-17-19-9-3-1-4-10-19)16-15-20-11-7-8-14-23(20)35(33,34)21-12-5-2-6-13-21;1-19-18(24)16-17(23)14(22)11-21(20-16)13-9-5-6-10-15(13)27(25,26)12-7-3-2-4-8-12;1-18-17(25)15-16(24)14(23)11-22(19-15)13-6-4-3-5-12(13)21-9-7-20(2)8-10-21;1-16-15(21)13-14(20)11(19)9-18(17-13)8-7-10-5-3-4-6-12(10)22-2;;;;/h1-14,18,30H,15-17H2,(H,27,32);2-11,22H,1H3,(H,19,24);3-6,11,23H,7-10H2,1-2H3,(H,18,25);3-6,9,19H,7-8H2,1-2H3,(H,16,21);4*1H4. The van der Waals surface area contributed by atoms with Gasteiger partial charge in [-0.1, -0.05) is 157 Å². The number of nitrogens with one attached hydrogen (secondary N) is 4. The van der Waals surface area contributed by atoms with Gasteiger partial charge < -0.3 is 56.2 Å². The van der Waals surface area contributed by atoms with E-state index in [9.17, 15) is 75.6 Å². The highest BCUT2D eigenvalue weighted by Crippen LogP contribution is 2.29. The van der Waals surface area contributed by atoms with Crippen LogP contribution in [0.2, 0.25) is 0 Å². The van der Waals surface area contributed by atoms with Crippen LogP contribution in [0.5, 0.6) is 28.7 Å². The highest BCUT2D eigenvalue weighted by molar-refractivity contribution is 7.92. The second-order valence-electron chi connectivity index (χ2n) is 23.9. The average molecular weight is 1590 g/mol. The molecule has 12 rings (SSSR count). The van der Waals surface area contributed by atoms with Gasteiger partial charge in [-0.25, -0.2) is 26.2 Å². The van der Waals surface area contributed by atoms with E-state index in [1.54, 1.807) is 73.8 Å². The molecular formula is C80H92N14O17S2. The summed E-state index contributed by atoms with van der Waals surface area (Å²) in [6, 6.07) is 52.8. The molecule has 8 N–H and O–H groups in total. The van der Waals surface area contributed by atoms with Crippen molar-refractivity contribution in [3.8, 4) is 40.1 Å². The van der Waals surface area contributed by atoms with Gasteiger partial charge in [-0.3, -0.25) is 47.7 Å².